The van der Waals surface area contributed by atoms with Gasteiger partial charge in [0.1, 0.15) is 5.75 Å². The fourth-order valence-electron chi connectivity index (χ4n) is 1.11. The molecule has 0 aliphatic rings. The molecule has 13 heavy (non-hydrogen) atoms. The van der Waals surface area contributed by atoms with Gasteiger partial charge in [-0.15, -0.1) is 0 Å². The van der Waals surface area contributed by atoms with Crippen LogP contribution in [0, 0.1) is 13.8 Å². The molecule has 1 rings (SSSR count). The van der Waals surface area contributed by atoms with Gasteiger partial charge in [-0.05, 0) is 40.9 Å². The van der Waals surface area contributed by atoms with Crippen molar-refractivity contribution in [2.45, 2.75) is 13.8 Å². The highest BCUT2D eigenvalue weighted by molar-refractivity contribution is 9.10. The molecule has 0 radical (unpaired) electrons. The fourth-order valence-corrected chi connectivity index (χ4v) is 1.84. The molecule has 0 aromatic heterocycles. The first-order valence-electron chi connectivity index (χ1n) is 3.63. The van der Waals surface area contributed by atoms with Gasteiger partial charge in [-0.2, -0.15) is 0 Å². The number of halogens is 2. The van der Waals surface area contributed by atoms with E-state index in [0.717, 1.165) is 5.56 Å². The predicted molar refractivity (Wildman–Crippen MR) is 55.7 cm³/mol. The van der Waals surface area contributed by atoms with Crippen LogP contribution in [0.2, 0.25) is 5.02 Å². The highest BCUT2D eigenvalue weighted by Gasteiger charge is 2.15. The van der Waals surface area contributed by atoms with Crippen molar-refractivity contribution in [2.75, 3.05) is 0 Å². The highest BCUT2D eigenvalue weighted by Crippen LogP contribution is 2.37. The Morgan fingerprint density at radius 3 is 2.38 bits per heavy atom. The number of hydrogen-bond donors (Lipinski definition) is 1. The zero-order valence-electron chi connectivity index (χ0n) is 7.19. The molecule has 0 unspecified atom stereocenters. The van der Waals surface area contributed by atoms with Gasteiger partial charge in [0.2, 0.25) is 0 Å². The second-order valence-electron chi connectivity index (χ2n) is 2.76. The molecule has 0 saturated heterocycles. The van der Waals surface area contributed by atoms with E-state index in [4.69, 9.17) is 11.6 Å². The normalized spacial score (nSPS) is 10.2. The summed E-state index contributed by atoms with van der Waals surface area (Å²) in [5.74, 6) is -0.0469. The molecule has 0 heterocycles. The average molecular weight is 264 g/mol. The van der Waals surface area contributed by atoms with Crippen LogP contribution in [-0.4, -0.2) is 11.4 Å². The summed E-state index contributed by atoms with van der Waals surface area (Å²) in [6.45, 7) is 3.47. The molecule has 0 spiro atoms. The smallest absolute Gasteiger partial charge is 0.154 e. The standard InChI is InChI=1S/C9H8BrClO2/c1-4-6(3-12)9(13)7(10)5(2)8(4)11/h3,13H,1-2H3. The van der Waals surface area contributed by atoms with Gasteiger partial charge in [-0.25, -0.2) is 0 Å². The van der Waals surface area contributed by atoms with E-state index < -0.39 is 0 Å². The third-order valence-electron chi connectivity index (χ3n) is 1.97. The van der Waals surface area contributed by atoms with Crippen LogP contribution in [0.5, 0.6) is 5.75 Å². The Kier molecular flexibility index (Phi) is 2.98. The lowest BCUT2D eigenvalue weighted by atomic mass is 10.1. The van der Waals surface area contributed by atoms with Crippen molar-refractivity contribution in [3.63, 3.8) is 0 Å². The maximum Gasteiger partial charge on any atom is 0.154 e. The van der Waals surface area contributed by atoms with Crippen molar-refractivity contribution in [3.05, 3.63) is 26.2 Å². The molecule has 0 bridgehead atoms. The van der Waals surface area contributed by atoms with Crippen LogP contribution in [-0.2, 0) is 0 Å². The zero-order chi connectivity index (χ0) is 10.2. The third kappa shape index (κ3) is 1.58. The molecule has 0 aliphatic carbocycles. The molecule has 70 valence electrons. The Morgan fingerprint density at radius 1 is 1.38 bits per heavy atom. The number of benzene rings is 1. The first-order chi connectivity index (χ1) is 6.00. The number of hydrogen-bond acceptors (Lipinski definition) is 2. The topological polar surface area (TPSA) is 37.3 Å². The van der Waals surface area contributed by atoms with Crippen molar-refractivity contribution in [2.24, 2.45) is 0 Å². The van der Waals surface area contributed by atoms with E-state index in [9.17, 15) is 9.90 Å². The van der Waals surface area contributed by atoms with Gasteiger partial charge in [0.05, 0.1) is 10.0 Å². The highest BCUT2D eigenvalue weighted by atomic mass is 79.9. The van der Waals surface area contributed by atoms with Crippen LogP contribution in [0.1, 0.15) is 21.5 Å². The Hall–Kier alpha value is -0.540. The van der Waals surface area contributed by atoms with E-state index in [1.807, 2.05) is 0 Å². The number of carbonyl (C=O) groups excluding carboxylic acids is 1. The molecule has 4 heteroatoms. The number of aromatic hydroxyl groups is 1. The van der Waals surface area contributed by atoms with Gasteiger partial charge in [0.15, 0.2) is 6.29 Å². The van der Waals surface area contributed by atoms with E-state index in [-0.39, 0.29) is 11.3 Å². The number of aldehydes is 1. The molecule has 1 aromatic rings. The second kappa shape index (κ2) is 3.68. The summed E-state index contributed by atoms with van der Waals surface area (Å²) in [7, 11) is 0. The van der Waals surface area contributed by atoms with Gasteiger partial charge in [0.25, 0.3) is 0 Å². The molecular formula is C9H8BrClO2. The van der Waals surface area contributed by atoms with Gasteiger partial charge < -0.3 is 5.11 Å². The van der Waals surface area contributed by atoms with E-state index in [1.54, 1.807) is 13.8 Å². The Morgan fingerprint density at radius 2 is 1.92 bits per heavy atom. The van der Waals surface area contributed by atoms with Crippen LogP contribution >= 0.6 is 27.5 Å². The molecule has 0 amide bonds. The van der Waals surface area contributed by atoms with Crippen molar-refractivity contribution in [1.29, 1.82) is 0 Å². The van der Waals surface area contributed by atoms with Crippen LogP contribution in [0.3, 0.4) is 0 Å². The van der Waals surface area contributed by atoms with E-state index >= 15 is 0 Å². The van der Waals surface area contributed by atoms with E-state index in [1.165, 1.54) is 0 Å². The Labute approximate surface area is 89.7 Å². The molecule has 2 nitrogen and oxygen atoms in total. The second-order valence-corrected chi connectivity index (χ2v) is 3.93. The van der Waals surface area contributed by atoms with Gasteiger partial charge >= 0.3 is 0 Å². The fraction of sp³-hybridized carbons (Fsp3) is 0.222. The predicted octanol–water partition coefficient (Wildman–Crippen LogP) is 3.24. The lowest BCUT2D eigenvalue weighted by molar-refractivity contribution is 0.112. The zero-order valence-corrected chi connectivity index (χ0v) is 9.53. The molecule has 0 aliphatic heterocycles. The monoisotopic (exact) mass is 262 g/mol. The SMILES string of the molecule is Cc1c(Cl)c(C)c(C=O)c(O)c1Br. The molecular weight excluding hydrogens is 255 g/mol. The molecule has 0 fully saturated rings. The maximum atomic E-state index is 10.6. The summed E-state index contributed by atoms with van der Waals surface area (Å²) in [4.78, 5) is 10.6. The van der Waals surface area contributed by atoms with E-state index in [2.05, 4.69) is 15.9 Å². The quantitative estimate of drug-likeness (QED) is 0.790. The van der Waals surface area contributed by atoms with Crippen LogP contribution in [0.25, 0.3) is 0 Å². The number of phenols is 1. The lowest BCUT2D eigenvalue weighted by Gasteiger charge is -2.10. The van der Waals surface area contributed by atoms with Crippen molar-refractivity contribution in [3.8, 4) is 5.75 Å². The van der Waals surface area contributed by atoms with Crippen molar-refractivity contribution >= 4 is 33.8 Å². The van der Waals surface area contributed by atoms with Gasteiger partial charge in [-0.3, -0.25) is 4.79 Å². The summed E-state index contributed by atoms with van der Waals surface area (Å²) >= 11 is 9.10. The number of rotatable bonds is 1. The van der Waals surface area contributed by atoms with Crippen LogP contribution < -0.4 is 0 Å². The van der Waals surface area contributed by atoms with Gasteiger partial charge in [-0.1, -0.05) is 11.6 Å². The van der Waals surface area contributed by atoms with Gasteiger partial charge in [0, 0.05) is 5.02 Å². The third-order valence-corrected chi connectivity index (χ3v) is 3.51. The average Bonchev–Trinajstić information content (AvgIpc) is 2.13. The number of carbonyl (C=O) groups is 1. The largest absolute Gasteiger partial charge is 0.506 e. The number of phenolic OH excluding ortho intramolecular Hbond substituents is 1. The Bertz CT molecular complexity index is 345. The summed E-state index contributed by atoms with van der Waals surface area (Å²) in [5.41, 5.74) is 1.58. The minimum atomic E-state index is -0.0469. The first kappa shape index (κ1) is 10.5. The lowest BCUT2D eigenvalue weighted by Crippen LogP contribution is -1.93. The maximum absolute atomic E-state index is 10.6. The minimum Gasteiger partial charge on any atom is -0.506 e. The summed E-state index contributed by atoms with van der Waals surface area (Å²) < 4.78 is 0.477. The Balaban J connectivity index is 3.66. The minimum absolute atomic E-state index is 0.0469. The first-order valence-corrected chi connectivity index (χ1v) is 4.80. The summed E-state index contributed by atoms with van der Waals surface area (Å²) in [6, 6.07) is 0. The van der Waals surface area contributed by atoms with Crippen molar-refractivity contribution < 1.29 is 9.90 Å². The van der Waals surface area contributed by atoms with Crippen LogP contribution in [0.15, 0.2) is 4.47 Å². The van der Waals surface area contributed by atoms with Crippen molar-refractivity contribution in [1.82, 2.24) is 0 Å². The molecule has 1 aromatic carbocycles. The molecule has 0 atom stereocenters. The molecule has 0 saturated carbocycles. The summed E-state index contributed by atoms with van der Waals surface area (Å²) in [6.07, 6.45) is 0.598. The van der Waals surface area contributed by atoms with E-state index in [0.29, 0.717) is 21.3 Å². The molecule has 1 N–H and O–H groups in total. The van der Waals surface area contributed by atoms with Crippen LogP contribution in [0.4, 0.5) is 0 Å². The summed E-state index contributed by atoms with van der Waals surface area (Å²) in [5, 5.41) is 10.1.